The summed E-state index contributed by atoms with van der Waals surface area (Å²) in [4.78, 5) is 26.2. The summed E-state index contributed by atoms with van der Waals surface area (Å²) in [5, 5.41) is 0. The van der Waals surface area contributed by atoms with Gasteiger partial charge in [-0.25, -0.2) is 0 Å². The first-order chi connectivity index (χ1) is 11.5. The third-order valence-corrected chi connectivity index (χ3v) is 5.91. The highest BCUT2D eigenvalue weighted by Gasteiger charge is 2.41. The highest BCUT2D eigenvalue weighted by Crippen LogP contribution is 2.46. The molecular weight excluding hydrogens is 296 g/mol. The number of carbonyl (C=O) groups is 2. The van der Waals surface area contributed by atoms with Crippen molar-refractivity contribution in [2.24, 2.45) is 11.8 Å². The molecule has 0 amide bonds. The lowest BCUT2D eigenvalue weighted by molar-refractivity contribution is -0.117. The van der Waals surface area contributed by atoms with E-state index in [1.54, 1.807) is 0 Å². The third kappa shape index (κ3) is 2.76. The number of unbranched alkanes of at least 4 members (excludes halogenated alkanes) is 2. The summed E-state index contributed by atoms with van der Waals surface area (Å²) in [6.07, 6.45) is 10.4. The van der Waals surface area contributed by atoms with Crippen molar-refractivity contribution in [1.82, 2.24) is 0 Å². The first-order valence-corrected chi connectivity index (χ1v) is 9.34. The summed E-state index contributed by atoms with van der Waals surface area (Å²) < 4.78 is 0. The van der Waals surface area contributed by atoms with Crippen LogP contribution in [-0.2, 0) is 9.59 Å². The molecule has 24 heavy (non-hydrogen) atoms. The molecule has 0 fully saturated rings. The van der Waals surface area contributed by atoms with E-state index in [1.807, 2.05) is 13.0 Å². The van der Waals surface area contributed by atoms with Gasteiger partial charge in [-0.2, -0.15) is 0 Å². The molecule has 0 bridgehead atoms. The predicted molar refractivity (Wildman–Crippen MR) is 97.6 cm³/mol. The lowest BCUT2D eigenvalue weighted by Crippen LogP contribution is -2.34. The maximum Gasteiger partial charge on any atom is 0.189 e. The summed E-state index contributed by atoms with van der Waals surface area (Å²) in [5.74, 6) is 0.703. The van der Waals surface area contributed by atoms with Crippen LogP contribution >= 0.6 is 0 Å². The standard InChI is InChI=1S/C22H28O2/c1-5-6-7-8-17-15(4)21(23)20-18-11-13(2)9-10-16(18)14(3)12-19(20)22(17)24/h11-12,16,18H,5-10H2,1-4H3/t16?,18-/m1/s1. The van der Waals surface area contributed by atoms with Crippen LogP contribution in [0.3, 0.4) is 0 Å². The van der Waals surface area contributed by atoms with Crippen molar-refractivity contribution in [3.63, 3.8) is 0 Å². The lowest BCUT2D eigenvalue weighted by Gasteiger charge is -2.38. The maximum absolute atomic E-state index is 13.1. The number of hydrogen-bond acceptors (Lipinski definition) is 2. The Morgan fingerprint density at radius 1 is 1.08 bits per heavy atom. The van der Waals surface area contributed by atoms with Gasteiger partial charge >= 0.3 is 0 Å². The largest absolute Gasteiger partial charge is 0.289 e. The zero-order chi connectivity index (χ0) is 17.4. The van der Waals surface area contributed by atoms with Crippen LogP contribution in [0.2, 0.25) is 0 Å². The zero-order valence-corrected chi connectivity index (χ0v) is 15.4. The fourth-order valence-corrected chi connectivity index (χ4v) is 4.44. The van der Waals surface area contributed by atoms with Gasteiger partial charge in [0.15, 0.2) is 11.6 Å². The lowest BCUT2D eigenvalue weighted by atomic mass is 9.65. The van der Waals surface area contributed by atoms with Crippen molar-refractivity contribution in [2.75, 3.05) is 0 Å². The second-order valence-corrected chi connectivity index (χ2v) is 7.62. The van der Waals surface area contributed by atoms with E-state index in [0.29, 0.717) is 17.1 Å². The Kier molecular flexibility index (Phi) is 4.76. The minimum atomic E-state index is 0.0994. The maximum atomic E-state index is 13.1. The van der Waals surface area contributed by atoms with Crippen molar-refractivity contribution in [1.29, 1.82) is 0 Å². The number of ketones is 2. The van der Waals surface area contributed by atoms with E-state index < -0.39 is 0 Å². The Labute approximate surface area is 145 Å². The highest BCUT2D eigenvalue weighted by atomic mass is 16.1. The van der Waals surface area contributed by atoms with Crippen LogP contribution in [0.1, 0.15) is 66.2 Å². The summed E-state index contributed by atoms with van der Waals surface area (Å²) in [6, 6.07) is 0. The van der Waals surface area contributed by atoms with E-state index in [0.717, 1.165) is 49.7 Å². The quantitative estimate of drug-likeness (QED) is 0.401. The molecule has 0 aliphatic heterocycles. The normalized spacial score (nSPS) is 27.0. The van der Waals surface area contributed by atoms with Gasteiger partial charge in [0.05, 0.1) is 0 Å². The van der Waals surface area contributed by atoms with Crippen LogP contribution in [-0.4, -0.2) is 11.6 Å². The summed E-state index contributed by atoms with van der Waals surface area (Å²) in [7, 11) is 0. The van der Waals surface area contributed by atoms with Crippen LogP contribution in [0, 0.1) is 11.8 Å². The fourth-order valence-electron chi connectivity index (χ4n) is 4.44. The molecule has 3 aliphatic carbocycles. The minimum Gasteiger partial charge on any atom is -0.289 e. The molecule has 0 spiro atoms. The van der Waals surface area contributed by atoms with Gasteiger partial charge in [-0.05, 0) is 52.4 Å². The number of Topliss-reactive ketones (excluding diaryl/α,β-unsaturated/α-hetero) is 2. The fraction of sp³-hybridized carbons (Fsp3) is 0.545. The molecule has 0 saturated heterocycles. The molecule has 0 N–H and O–H groups in total. The molecule has 2 atom stereocenters. The van der Waals surface area contributed by atoms with Gasteiger partial charge in [0, 0.05) is 28.2 Å². The van der Waals surface area contributed by atoms with Crippen molar-refractivity contribution < 1.29 is 9.59 Å². The molecule has 128 valence electrons. The Balaban J connectivity index is 2.01. The van der Waals surface area contributed by atoms with E-state index in [1.165, 1.54) is 11.1 Å². The van der Waals surface area contributed by atoms with E-state index in [4.69, 9.17) is 0 Å². The number of hydrogen-bond donors (Lipinski definition) is 0. The van der Waals surface area contributed by atoms with Crippen LogP contribution in [0.4, 0.5) is 0 Å². The Morgan fingerprint density at radius 3 is 2.54 bits per heavy atom. The van der Waals surface area contributed by atoms with Crippen molar-refractivity contribution in [3.8, 4) is 0 Å². The molecule has 0 heterocycles. The van der Waals surface area contributed by atoms with Crippen molar-refractivity contribution in [2.45, 2.75) is 66.2 Å². The van der Waals surface area contributed by atoms with Gasteiger partial charge < -0.3 is 0 Å². The molecular formula is C22H28O2. The van der Waals surface area contributed by atoms with Crippen LogP contribution in [0.15, 0.2) is 45.6 Å². The van der Waals surface area contributed by atoms with Gasteiger partial charge in [-0.15, -0.1) is 0 Å². The van der Waals surface area contributed by atoms with Crippen LogP contribution < -0.4 is 0 Å². The second kappa shape index (κ2) is 6.66. The molecule has 3 rings (SSSR count). The third-order valence-electron chi connectivity index (χ3n) is 5.91. The molecule has 2 heteroatoms. The zero-order valence-electron chi connectivity index (χ0n) is 15.4. The molecule has 0 aromatic heterocycles. The van der Waals surface area contributed by atoms with Gasteiger partial charge in [-0.3, -0.25) is 9.59 Å². The average Bonchev–Trinajstić information content (AvgIpc) is 2.55. The van der Waals surface area contributed by atoms with Crippen LogP contribution in [0.5, 0.6) is 0 Å². The van der Waals surface area contributed by atoms with E-state index >= 15 is 0 Å². The van der Waals surface area contributed by atoms with Crippen LogP contribution in [0.25, 0.3) is 0 Å². The van der Waals surface area contributed by atoms with Crippen molar-refractivity contribution >= 4 is 11.6 Å². The topological polar surface area (TPSA) is 34.1 Å². The molecule has 0 aromatic rings. The van der Waals surface area contributed by atoms with Gasteiger partial charge in [0.1, 0.15) is 0 Å². The van der Waals surface area contributed by atoms with Gasteiger partial charge in [0.25, 0.3) is 0 Å². The number of rotatable bonds is 4. The molecule has 0 aromatic carbocycles. The molecule has 2 nitrogen and oxygen atoms in total. The average molecular weight is 324 g/mol. The molecule has 0 radical (unpaired) electrons. The second-order valence-electron chi connectivity index (χ2n) is 7.62. The smallest absolute Gasteiger partial charge is 0.189 e. The SMILES string of the molecule is CCCCCC1=C(C)C(=O)C2=C(C=C(C)C3CCC(C)=C[C@@H]23)C1=O. The summed E-state index contributed by atoms with van der Waals surface area (Å²) >= 11 is 0. The molecule has 0 saturated carbocycles. The Morgan fingerprint density at radius 2 is 1.83 bits per heavy atom. The first kappa shape index (κ1) is 17.1. The Hall–Kier alpha value is -1.70. The summed E-state index contributed by atoms with van der Waals surface area (Å²) in [5.41, 5.74) is 5.50. The Bertz CT molecular complexity index is 712. The van der Waals surface area contributed by atoms with Gasteiger partial charge in [-0.1, -0.05) is 43.1 Å². The highest BCUT2D eigenvalue weighted by molar-refractivity contribution is 6.26. The van der Waals surface area contributed by atoms with E-state index in [2.05, 4.69) is 26.8 Å². The first-order valence-electron chi connectivity index (χ1n) is 9.34. The predicted octanol–water partition coefficient (Wildman–Crippen LogP) is 5.26. The summed E-state index contributed by atoms with van der Waals surface area (Å²) in [6.45, 7) is 8.26. The van der Waals surface area contributed by atoms with E-state index in [9.17, 15) is 9.59 Å². The monoisotopic (exact) mass is 324 g/mol. The number of fused-ring (bicyclic) bond motifs is 2. The number of allylic oxidation sites excluding steroid dienone is 8. The number of carbonyl (C=O) groups excluding carboxylic acids is 2. The van der Waals surface area contributed by atoms with Crippen molar-refractivity contribution in [3.05, 3.63) is 45.6 Å². The van der Waals surface area contributed by atoms with Gasteiger partial charge in [0.2, 0.25) is 0 Å². The molecule has 1 unspecified atom stereocenters. The van der Waals surface area contributed by atoms with E-state index in [-0.39, 0.29) is 17.5 Å². The minimum absolute atomic E-state index is 0.0994. The molecule has 3 aliphatic rings.